The molecule has 0 radical (unpaired) electrons. The summed E-state index contributed by atoms with van der Waals surface area (Å²) in [5, 5.41) is 10.6. The van der Waals surface area contributed by atoms with Gasteiger partial charge in [-0.2, -0.15) is 0 Å². The molecule has 0 aliphatic rings. The topological polar surface area (TPSA) is 237 Å². The number of hydrogen-bond acceptors (Lipinski definition) is 15. The molecule has 0 spiro atoms. The first-order chi connectivity index (χ1) is 45.6. The highest BCUT2D eigenvalue weighted by molar-refractivity contribution is 7.47. The van der Waals surface area contributed by atoms with Gasteiger partial charge in [-0.1, -0.05) is 331 Å². The molecule has 0 fully saturated rings. The van der Waals surface area contributed by atoms with E-state index in [9.17, 15) is 43.2 Å². The quantitative estimate of drug-likeness (QED) is 0.0222. The summed E-state index contributed by atoms with van der Waals surface area (Å²) in [6.45, 7) is 14.1. The molecular weight excluding hydrogens is 1250 g/mol. The fraction of sp³-hybridized carbons (Fsp3) is 0.947. The predicted octanol–water partition coefficient (Wildman–Crippen LogP) is 22.0. The summed E-state index contributed by atoms with van der Waals surface area (Å²) >= 11 is 0. The summed E-state index contributed by atoms with van der Waals surface area (Å²) < 4.78 is 68.5. The molecule has 0 saturated carbocycles. The van der Waals surface area contributed by atoms with Gasteiger partial charge in [0, 0.05) is 25.7 Å². The van der Waals surface area contributed by atoms with E-state index in [2.05, 4.69) is 55.4 Å². The van der Waals surface area contributed by atoms with E-state index in [0.29, 0.717) is 31.6 Å². The third-order valence-electron chi connectivity index (χ3n) is 17.9. The smallest absolute Gasteiger partial charge is 0.462 e. The van der Waals surface area contributed by atoms with Crippen LogP contribution in [-0.2, 0) is 65.4 Å². The van der Waals surface area contributed by atoms with Gasteiger partial charge in [-0.3, -0.25) is 37.3 Å². The molecule has 17 nitrogen and oxygen atoms in total. The standard InChI is InChI=1S/C76H148O17P2/c1-9-69(8)55-47-39-33-35-41-49-57-74(79)87-63-72(93-76(81)58-50-42-30-26-22-18-13-11-10-12-16-20-24-28-36-44-52-66(2)3)65-91-95(84,85)89-61-70(77)60-88-94(82,83)90-64-71(62-86-73(78)56-48-40-34-32-38-46-54-68(6)7)92-75(80)59-51-43-31-27-23-19-15-14-17-21-25-29-37-45-53-67(4)5/h66-72,77H,9-65H2,1-8H3,(H,82,83)(H,84,85)/t69?,70-,71-,72-/m1/s1. The minimum Gasteiger partial charge on any atom is -0.462 e. The minimum atomic E-state index is -4.96. The molecule has 0 heterocycles. The number of carbonyl (C=O) groups is 4. The number of phosphoric acid groups is 2. The van der Waals surface area contributed by atoms with Gasteiger partial charge in [0.1, 0.15) is 19.3 Å². The highest BCUT2D eigenvalue weighted by atomic mass is 31.2. The van der Waals surface area contributed by atoms with Gasteiger partial charge in [0.05, 0.1) is 26.4 Å². The highest BCUT2D eigenvalue weighted by Gasteiger charge is 2.30. The summed E-state index contributed by atoms with van der Waals surface area (Å²) in [4.78, 5) is 72.7. The van der Waals surface area contributed by atoms with Crippen molar-refractivity contribution in [3.05, 3.63) is 0 Å². The Hall–Kier alpha value is -1.94. The Morgan fingerprint density at radius 2 is 0.505 bits per heavy atom. The fourth-order valence-electron chi connectivity index (χ4n) is 11.5. The second-order valence-electron chi connectivity index (χ2n) is 29.1. The first kappa shape index (κ1) is 93.1. The molecule has 0 aromatic heterocycles. The van der Waals surface area contributed by atoms with Gasteiger partial charge in [0.25, 0.3) is 0 Å². The number of ether oxygens (including phenoxy) is 4. The van der Waals surface area contributed by atoms with Crippen molar-refractivity contribution in [2.75, 3.05) is 39.6 Å². The van der Waals surface area contributed by atoms with Gasteiger partial charge in [-0.05, 0) is 49.4 Å². The van der Waals surface area contributed by atoms with E-state index >= 15 is 0 Å². The summed E-state index contributed by atoms with van der Waals surface area (Å²) in [5.74, 6) is 0.890. The molecule has 0 aliphatic heterocycles. The Kier molecular flexibility index (Phi) is 64.0. The van der Waals surface area contributed by atoms with Crippen molar-refractivity contribution in [1.29, 1.82) is 0 Å². The number of rotatable bonds is 73. The lowest BCUT2D eigenvalue weighted by molar-refractivity contribution is -0.161. The molecule has 0 aromatic rings. The number of phosphoric ester groups is 2. The lowest BCUT2D eigenvalue weighted by atomic mass is 10.00. The van der Waals surface area contributed by atoms with E-state index < -0.39 is 97.5 Å². The van der Waals surface area contributed by atoms with E-state index in [1.165, 1.54) is 173 Å². The second-order valence-corrected chi connectivity index (χ2v) is 32.0. The van der Waals surface area contributed by atoms with E-state index in [0.717, 1.165) is 120 Å². The molecule has 95 heavy (non-hydrogen) atoms. The Morgan fingerprint density at radius 3 is 0.747 bits per heavy atom. The van der Waals surface area contributed by atoms with Crippen LogP contribution in [0.15, 0.2) is 0 Å². The number of aliphatic hydroxyl groups is 1. The van der Waals surface area contributed by atoms with Crippen LogP contribution >= 0.6 is 15.6 Å². The molecule has 0 bridgehead atoms. The molecule has 6 atom stereocenters. The van der Waals surface area contributed by atoms with Gasteiger partial charge >= 0.3 is 39.5 Å². The monoisotopic (exact) mass is 1400 g/mol. The number of carbonyl (C=O) groups excluding carboxylic acids is 4. The van der Waals surface area contributed by atoms with Crippen molar-refractivity contribution in [1.82, 2.24) is 0 Å². The summed E-state index contributed by atoms with van der Waals surface area (Å²) in [6.07, 6.45) is 50.2. The van der Waals surface area contributed by atoms with Crippen LogP contribution in [0.2, 0.25) is 0 Å². The van der Waals surface area contributed by atoms with Gasteiger partial charge < -0.3 is 33.8 Å². The summed E-state index contributed by atoms with van der Waals surface area (Å²) in [6, 6.07) is 0. The molecule has 0 aromatic carbocycles. The Balaban J connectivity index is 5.19. The zero-order valence-corrected chi connectivity index (χ0v) is 64.1. The number of aliphatic hydroxyl groups excluding tert-OH is 1. The molecule has 3 unspecified atom stereocenters. The maximum atomic E-state index is 13.1. The molecule has 19 heteroatoms. The maximum absolute atomic E-state index is 13.1. The predicted molar refractivity (Wildman–Crippen MR) is 386 cm³/mol. The van der Waals surface area contributed by atoms with Crippen LogP contribution in [0.1, 0.15) is 383 Å². The maximum Gasteiger partial charge on any atom is 0.472 e. The first-order valence-corrected chi connectivity index (χ1v) is 42.2. The molecule has 0 rings (SSSR count). The van der Waals surface area contributed by atoms with Crippen LogP contribution in [0.25, 0.3) is 0 Å². The Bertz CT molecular complexity index is 1870. The normalized spacial score (nSPS) is 14.4. The molecular formula is C76H148O17P2. The first-order valence-electron chi connectivity index (χ1n) is 39.2. The van der Waals surface area contributed by atoms with Crippen molar-refractivity contribution in [3.8, 4) is 0 Å². The van der Waals surface area contributed by atoms with Crippen molar-refractivity contribution in [3.63, 3.8) is 0 Å². The molecule has 0 aliphatic carbocycles. The lowest BCUT2D eigenvalue weighted by Crippen LogP contribution is -2.30. The largest absolute Gasteiger partial charge is 0.472 e. The van der Waals surface area contributed by atoms with Crippen molar-refractivity contribution in [2.24, 2.45) is 23.7 Å². The Labute approximate surface area is 581 Å². The van der Waals surface area contributed by atoms with E-state index in [4.69, 9.17) is 37.0 Å². The molecule has 0 saturated heterocycles. The third kappa shape index (κ3) is 69.0. The molecule has 0 amide bonds. The molecule has 564 valence electrons. The van der Waals surface area contributed by atoms with Crippen LogP contribution < -0.4 is 0 Å². The summed E-state index contributed by atoms with van der Waals surface area (Å²) in [5.41, 5.74) is 0. The zero-order valence-electron chi connectivity index (χ0n) is 62.3. The van der Waals surface area contributed by atoms with Crippen LogP contribution in [-0.4, -0.2) is 96.7 Å². The van der Waals surface area contributed by atoms with Crippen LogP contribution in [0.5, 0.6) is 0 Å². The number of hydrogen-bond donors (Lipinski definition) is 3. The summed E-state index contributed by atoms with van der Waals surface area (Å²) in [7, 11) is -9.91. The second kappa shape index (κ2) is 65.4. The van der Waals surface area contributed by atoms with E-state index in [1.807, 2.05) is 0 Å². The minimum absolute atomic E-state index is 0.106. The fourth-order valence-corrected chi connectivity index (χ4v) is 13.1. The van der Waals surface area contributed by atoms with E-state index in [-0.39, 0.29) is 25.7 Å². The third-order valence-corrected chi connectivity index (χ3v) is 19.8. The van der Waals surface area contributed by atoms with Gasteiger partial charge in [0.15, 0.2) is 12.2 Å². The van der Waals surface area contributed by atoms with E-state index in [1.54, 1.807) is 0 Å². The highest BCUT2D eigenvalue weighted by Crippen LogP contribution is 2.45. The van der Waals surface area contributed by atoms with Gasteiger partial charge in [-0.25, -0.2) is 9.13 Å². The number of esters is 4. The number of unbranched alkanes of at least 4 members (excludes halogenated alkanes) is 38. The average molecular weight is 1400 g/mol. The molecule has 3 N–H and O–H groups in total. The van der Waals surface area contributed by atoms with Gasteiger partial charge in [-0.15, -0.1) is 0 Å². The van der Waals surface area contributed by atoms with Crippen molar-refractivity contribution in [2.45, 2.75) is 401 Å². The van der Waals surface area contributed by atoms with Crippen molar-refractivity contribution < 1.29 is 80.2 Å². The van der Waals surface area contributed by atoms with Crippen LogP contribution in [0.3, 0.4) is 0 Å². The zero-order chi connectivity index (χ0) is 70.3. The van der Waals surface area contributed by atoms with Crippen LogP contribution in [0.4, 0.5) is 0 Å². The van der Waals surface area contributed by atoms with Gasteiger partial charge in [0.2, 0.25) is 0 Å². The average Bonchev–Trinajstić information content (AvgIpc) is 3.23. The lowest BCUT2D eigenvalue weighted by Gasteiger charge is -2.21. The Morgan fingerprint density at radius 1 is 0.295 bits per heavy atom. The SMILES string of the molecule is CCC(C)CCCCCCCCC(=O)OC[C@H](COP(=O)(O)OC[C@H](O)COP(=O)(O)OC[C@@H](COC(=O)CCCCCCCCC(C)C)OC(=O)CCCCCCCCCCCCCCCCC(C)C)OC(=O)CCCCCCCCCCCCCCCCCCC(C)C. The van der Waals surface area contributed by atoms with Crippen molar-refractivity contribution >= 4 is 39.5 Å². The van der Waals surface area contributed by atoms with Crippen LogP contribution in [0, 0.1) is 23.7 Å².